The van der Waals surface area contributed by atoms with Crippen LogP contribution in [0.5, 0.6) is 0 Å². The first-order chi connectivity index (χ1) is 9.72. The Balaban J connectivity index is 1.64. The first kappa shape index (κ1) is 14.2. The largest absolute Gasteiger partial charge is 0.339 e. The molecule has 3 rings (SSSR count). The number of hydrogen-bond donors (Lipinski definition) is 1. The van der Waals surface area contributed by atoms with Crippen LogP contribution < -0.4 is 5.32 Å². The third-order valence-electron chi connectivity index (χ3n) is 3.89. The first-order valence-corrected chi connectivity index (χ1v) is 8.67. The van der Waals surface area contributed by atoms with Gasteiger partial charge in [-0.2, -0.15) is 4.98 Å². The van der Waals surface area contributed by atoms with Crippen molar-refractivity contribution in [2.75, 3.05) is 13.1 Å². The van der Waals surface area contributed by atoms with Crippen LogP contribution in [0.1, 0.15) is 25.7 Å². The second-order valence-corrected chi connectivity index (χ2v) is 7.26. The summed E-state index contributed by atoms with van der Waals surface area (Å²) in [4.78, 5) is 5.56. The zero-order valence-electron chi connectivity index (χ0n) is 11.4. The topological polar surface area (TPSA) is 51.0 Å². The van der Waals surface area contributed by atoms with Crippen molar-refractivity contribution < 1.29 is 4.52 Å². The molecule has 1 saturated heterocycles. The van der Waals surface area contributed by atoms with Gasteiger partial charge in [0.1, 0.15) is 0 Å². The van der Waals surface area contributed by atoms with Gasteiger partial charge in [-0.25, -0.2) is 0 Å². The summed E-state index contributed by atoms with van der Waals surface area (Å²) in [6.07, 6.45) is 3.44. The Morgan fingerprint density at radius 1 is 1.60 bits per heavy atom. The van der Waals surface area contributed by atoms with Crippen molar-refractivity contribution in [1.82, 2.24) is 15.5 Å². The smallest absolute Gasteiger partial charge is 0.227 e. The Hall–Kier alpha value is -0.720. The van der Waals surface area contributed by atoms with E-state index in [9.17, 15) is 0 Å². The maximum absolute atomic E-state index is 5.40. The van der Waals surface area contributed by atoms with Crippen molar-refractivity contribution in [1.29, 1.82) is 0 Å². The summed E-state index contributed by atoms with van der Waals surface area (Å²) in [5.41, 5.74) is 0. The molecular formula is C14H18BrN3OS. The van der Waals surface area contributed by atoms with Crippen LogP contribution in [0.3, 0.4) is 0 Å². The lowest BCUT2D eigenvalue weighted by Crippen LogP contribution is -2.33. The van der Waals surface area contributed by atoms with Crippen LogP contribution in [0.2, 0.25) is 0 Å². The monoisotopic (exact) mass is 355 g/mol. The molecule has 2 aromatic rings. The molecule has 6 heteroatoms. The Bertz CT molecular complexity index is 562. The molecule has 1 fully saturated rings. The molecule has 0 aromatic carbocycles. The highest BCUT2D eigenvalue weighted by atomic mass is 79.9. The van der Waals surface area contributed by atoms with E-state index in [0.717, 1.165) is 40.7 Å². The van der Waals surface area contributed by atoms with Crippen molar-refractivity contribution in [3.63, 3.8) is 0 Å². The standard InChI is InChI=1S/C14H18BrN3OS/c1-9(10-3-2-4-16-7-10)5-13-17-14(18-19-13)12-6-11(15)8-20-12/h6,8-10,16H,2-5,7H2,1H3. The summed E-state index contributed by atoms with van der Waals surface area (Å²) in [5, 5.41) is 9.58. The fraction of sp³-hybridized carbons (Fsp3) is 0.571. The van der Waals surface area contributed by atoms with Crippen LogP contribution in [0.15, 0.2) is 20.4 Å². The molecule has 0 radical (unpaired) electrons. The van der Waals surface area contributed by atoms with Crippen molar-refractivity contribution in [3.05, 3.63) is 21.8 Å². The predicted molar refractivity (Wildman–Crippen MR) is 83.8 cm³/mol. The Morgan fingerprint density at radius 2 is 2.50 bits per heavy atom. The lowest BCUT2D eigenvalue weighted by molar-refractivity contribution is 0.257. The molecule has 3 heterocycles. The van der Waals surface area contributed by atoms with Gasteiger partial charge >= 0.3 is 0 Å². The molecule has 20 heavy (non-hydrogen) atoms. The van der Waals surface area contributed by atoms with Gasteiger partial charge in [0, 0.05) is 16.3 Å². The molecule has 2 atom stereocenters. The lowest BCUT2D eigenvalue weighted by Gasteiger charge is -2.27. The second-order valence-electron chi connectivity index (χ2n) is 5.43. The van der Waals surface area contributed by atoms with Crippen LogP contribution >= 0.6 is 27.3 Å². The van der Waals surface area contributed by atoms with Gasteiger partial charge in [-0.1, -0.05) is 12.1 Å². The van der Waals surface area contributed by atoms with Gasteiger partial charge < -0.3 is 9.84 Å². The summed E-state index contributed by atoms with van der Waals surface area (Å²) in [7, 11) is 0. The molecule has 0 saturated carbocycles. The Morgan fingerprint density at radius 3 is 3.20 bits per heavy atom. The number of nitrogens with zero attached hydrogens (tertiary/aromatic N) is 2. The van der Waals surface area contributed by atoms with Crippen LogP contribution in [-0.2, 0) is 6.42 Å². The predicted octanol–water partition coefficient (Wildman–Crippen LogP) is 3.74. The van der Waals surface area contributed by atoms with Crippen LogP contribution in [0.4, 0.5) is 0 Å². The van der Waals surface area contributed by atoms with Crippen LogP contribution in [-0.4, -0.2) is 23.2 Å². The first-order valence-electron chi connectivity index (χ1n) is 7.00. The van der Waals surface area contributed by atoms with E-state index in [-0.39, 0.29) is 0 Å². The fourth-order valence-corrected chi connectivity index (χ4v) is 4.03. The molecule has 1 N–H and O–H groups in total. The number of nitrogens with one attached hydrogen (secondary N) is 1. The number of aromatic nitrogens is 2. The zero-order chi connectivity index (χ0) is 13.9. The van der Waals surface area contributed by atoms with E-state index in [1.165, 1.54) is 12.8 Å². The van der Waals surface area contributed by atoms with Crippen molar-refractivity contribution in [2.24, 2.45) is 11.8 Å². The third kappa shape index (κ3) is 3.30. The summed E-state index contributed by atoms with van der Waals surface area (Å²) in [6, 6.07) is 2.02. The number of halogens is 1. The molecule has 4 nitrogen and oxygen atoms in total. The Kier molecular flexibility index (Phi) is 4.53. The SMILES string of the molecule is CC(Cc1nc(-c2cc(Br)cs2)no1)C1CCCNC1. The van der Waals surface area contributed by atoms with E-state index < -0.39 is 0 Å². The van der Waals surface area contributed by atoms with Gasteiger partial charge in [0.05, 0.1) is 4.88 Å². The molecule has 1 aliphatic rings. The molecular weight excluding hydrogens is 338 g/mol. The summed E-state index contributed by atoms with van der Waals surface area (Å²) in [5.74, 6) is 2.74. The minimum atomic E-state index is 0.575. The van der Waals surface area contributed by atoms with Gasteiger partial charge in [-0.15, -0.1) is 11.3 Å². The summed E-state index contributed by atoms with van der Waals surface area (Å²) >= 11 is 5.07. The van der Waals surface area contributed by atoms with E-state index in [4.69, 9.17) is 4.52 Å². The number of rotatable bonds is 4. The van der Waals surface area contributed by atoms with Gasteiger partial charge in [0.2, 0.25) is 11.7 Å². The van der Waals surface area contributed by atoms with E-state index in [2.05, 4.69) is 38.3 Å². The molecule has 0 aliphatic carbocycles. The van der Waals surface area contributed by atoms with Gasteiger partial charge in [0.25, 0.3) is 0 Å². The highest BCUT2D eigenvalue weighted by Crippen LogP contribution is 2.29. The molecule has 108 valence electrons. The van der Waals surface area contributed by atoms with E-state index >= 15 is 0 Å². The molecule has 0 amide bonds. The fourth-order valence-electron chi connectivity index (χ4n) is 2.67. The number of piperidine rings is 1. The van der Waals surface area contributed by atoms with Gasteiger partial charge in [-0.05, 0) is 59.8 Å². The molecule has 0 spiro atoms. The molecule has 2 unspecified atom stereocenters. The zero-order valence-corrected chi connectivity index (χ0v) is 13.8. The van der Waals surface area contributed by atoms with E-state index in [1.807, 2.05) is 11.4 Å². The highest BCUT2D eigenvalue weighted by Gasteiger charge is 2.22. The van der Waals surface area contributed by atoms with Crippen molar-refractivity contribution in [2.45, 2.75) is 26.2 Å². The quantitative estimate of drug-likeness (QED) is 0.907. The molecule has 0 bridgehead atoms. The minimum absolute atomic E-state index is 0.575. The second kappa shape index (κ2) is 6.37. The summed E-state index contributed by atoms with van der Waals surface area (Å²) in [6.45, 7) is 4.55. The maximum Gasteiger partial charge on any atom is 0.227 e. The van der Waals surface area contributed by atoms with Gasteiger partial charge in [0.15, 0.2) is 0 Å². The third-order valence-corrected chi connectivity index (χ3v) is 5.58. The van der Waals surface area contributed by atoms with Gasteiger partial charge in [-0.3, -0.25) is 0 Å². The number of thiophene rings is 1. The normalized spacial score (nSPS) is 21.0. The maximum atomic E-state index is 5.40. The molecule has 1 aliphatic heterocycles. The number of hydrogen-bond acceptors (Lipinski definition) is 5. The van der Waals surface area contributed by atoms with Crippen molar-refractivity contribution in [3.8, 4) is 10.7 Å². The van der Waals surface area contributed by atoms with E-state index in [0.29, 0.717) is 11.7 Å². The average Bonchev–Trinajstić information content (AvgIpc) is 3.09. The summed E-state index contributed by atoms with van der Waals surface area (Å²) < 4.78 is 6.46. The minimum Gasteiger partial charge on any atom is -0.339 e. The van der Waals surface area contributed by atoms with Crippen molar-refractivity contribution >= 4 is 27.3 Å². The lowest BCUT2D eigenvalue weighted by atomic mass is 9.85. The molecule has 2 aromatic heterocycles. The Labute approximate surface area is 131 Å². The average molecular weight is 356 g/mol. The van der Waals surface area contributed by atoms with Crippen LogP contribution in [0.25, 0.3) is 10.7 Å². The van der Waals surface area contributed by atoms with E-state index in [1.54, 1.807) is 11.3 Å². The van der Waals surface area contributed by atoms with Crippen LogP contribution in [0, 0.1) is 11.8 Å². The highest BCUT2D eigenvalue weighted by molar-refractivity contribution is 9.10.